The predicted molar refractivity (Wildman–Crippen MR) is 118 cm³/mol. The van der Waals surface area contributed by atoms with Crippen molar-refractivity contribution in [3.8, 4) is 11.1 Å². The van der Waals surface area contributed by atoms with Crippen LogP contribution in [-0.4, -0.2) is 42.2 Å². The first-order valence-electron chi connectivity index (χ1n) is 9.69. The van der Waals surface area contributed by atoms with Crippen molar-refractivity contribution < 1.29 is 19.4 Å². The van der Waals surface area contributed by atoms with Crippen LogP contribution in [0.15, 0.2) is 65.6 Å². The molecule has 0 saturated carbocycles. The third-order valence-corrected chi connectivity index (χ3v) is 5.16. The van der Waals surface area contributed by atoms with Crippen LogP contribution in [0.5, 0.6) is 0 Å². The predicted octanol–water partition coefficient (Wildman–Crippen LogP) is 2.86. The van der Waals surface area contributed by atoms with Crippen LogP contribution >= 0.6 is 0 Å². The van der Waals surface area contributed by atoms with Crippen LogP contribution in [0.2, 0.25) is 0 Å². The zero-order chi connectivity index (χ0) is 22.0. The van der Waals surface area contributed by atoms with E-state index >= 15 is 0 Å². The van der Waals surface area contributed by atoms with E-state index in [2.05, 4.69) is 10.3 Å². The van der Waals surface area contributed by atoms with Crippen molar-refractivity contribution in [3.63, 3.8) is 0 Å². The van der Waals surface area contributed by atoms with Gasteiger partial charge in [-0.15, -0.1) is 0 Å². The molecule has 0 bridgehead atoms. The number of amides is 1. The average Bonchev–Trinajstić information content (AvgIpc) is 2.81. The molecule has 4 rings (SSSR count). The Morgan fingerprint density at radius 3 is 2.45 bits per heavy atom. The topological polar surface area (TPSA) is 108 Å². The zero-order valence-electron chi connectivity index (χ0n) is 16.8. The number of rotatable bonds is 5. The summed E-state index contributed by atoms with van der Waals surface area (Å²) < 4.78 is 4.92. The van der Waals surface area contributed by atoms with Crippen molar-refractivity contribution in [1.82, 2.24) is 10.3 Å². The van der Waals surface area contributed by atoms with E-state index in [1.165, 1.54) is 7.11 Å². The minimum atomic E-state index is -0.474. The van der Waals surface area contributed by atoms with E-state index in [9.17, 15) is 14.4 Å². The number of carbonyl (C=O) groups is 2. The lowest BCUT2D eigenvalue weighted by molar-refractivity contribution is 0.0603. The molecule has 1 aromatic heterocycles. The van der Waals surface area contributed by atoms with E-state index in [0.717, 1.165) is 11.1 Å². The second-order valence-electron chi connectivity index (χ2n) is 7.00. The number of hydrogen-bond donors (Lipinski definition) is 3. The van der Waals surface area contributed by atoms with Gasteiger partial charge in [-0.1, -0.05) is 24.3 Å². The molecule has 3 aromatic carbocycles. The second kappa shape index (κ2) is 8.41. The third-order valence-electron chi connectivity index (χ3n) is 5.16. The summed E-state index contributed by atoms with van der Waals surface area (Å²) in [6, 6.07) is 15.9. The number of aromatic amines is 1. The summed E-state index contributed by atoms with van der Waals surface area (Å²) in [6.07, 6.45) is 1.54. The van der Waals surface area contributed by atoms with E-state index in [4.69, 9.17) is 9.84 Å². The number of aliphatic hydroxyl groups is 1. The molecule has 0 atom stereocenters. The number of hydrogen-bond acceptors (Lipinski definition) is 5. The van der Waals surface area contributed by atoms with E-state index < -0.39 is 5.97 Å². The summed E-state index contributed by atoms with van der Waals surface area (Å²) in [6.45, 7) is 0.0664. The van der Waals surface area contributed by atoms with Gasteiger partial charge in [0, 0.05) is 18.3 Å². The molecule has 0 saturated heterocycles. The smallest absolute Gasteiger partial charge is 0.338 e. The number of benzene rings is 3. The van der Waals surface area contributed by atoms with Crippen molar-refractivity contribution in [1.29, 1.82) is 0 Å². The van der Waals surface area contributed by atoms with Crippen molar-refractivity contribution in [2.45, 2.75) is 0 Å². The van der Waals surface area contributed by atoms with Crippen LogP contribution in [0, 0.1) is 0 Å². The molecule has 7 nitrogen and oxygen atoms in total. The Morgan fingerprint density at radius 1 is 1.00 bits per heavy atom. The molecule has 0 unspecified atom stereocenters. The average molecular weight is 416 g/mol. The highest BCUT2D eigenvalue weighted by atomic mass is 16.5. The number of nitrogens with one attached hydrogen (secondary N) is 2. The Balaban J connectivity index is 1.86. The van der Waals surface area contributed by atoms with Crippen LogP contribution in [0.3, 0.4) is 0 Å². The lowest BCUT2D eigenvalue weighted by Crippen LogP contribution is -2.26. The van der Waals surface area contributed by atoms with Crippen LogP contribution in [0.1, 0.15) is 20.7 Å². The molecule has 156 valence electrons. The summed E-state index contributed by atoms with van der Waals surface area (Å²) in [5.74, 6) is -0.738. The number of H-pyrrole nitrogens is 1. The molecule has 7 heteroatoms. The first-order chi connectivity index (χ1) is 15.0. The first kappa shape index (κ1) is 20.3. The number of fused-ring (bicyclic) bond motifs is 3. The summed E-state index contributed by atoms with van der Waals surface area (Å²) in [5, 5.41) is 13.8. The summed E-state index contributed by atoms with van der Waals surface area (Å²) in [5.41, 5.74) is 2.31. The minimum Gasteiger partial charge on any atom is -0.465 e. The Morgan fingerprint density at radius 2 is 1.74 bits per heavy atom. The number of esters is 1. The molecule has 0 aliphatic carbocycles. The van der Waals surface area contributed by atoms with Gasteiger partial charge in [-0.3, -0.25) is 9.59 Å². The van der Waals surface area contributed by atoms with Gasteiger partial charge in [0.1, 0.15) is 0 Å². The Labute approximate surface area is 177 Å². The number of pyridine rings is 1. The van der Waals surface area contributed by atoms with Gasteiger partial charge in [-0.25, -0.2) is 4.79 Å². The SMILES string of the molecule is COC(=O)c1cc2cc[nH]c(=O)c2c2cc(-c3ccc(C(=O)NCCO)cc3)ccc12. The van der Waals surface area contributed by atoms with E-state index in [0.29, 0.717) is 32.7 Å². The van der Waals surface area contributed by atoms with Gasteiger partial charge >= 0.3 is 5.97 Å². The standard InChI is InChI=1S/C24H20N2O5/c1-31-24(30)20-13-17-8-9-25-23(29)21(17)19-12-16(6-7-18(19)20)14-2-4-15(5-3-14)22(28)26-10-11-27/h2-9,12-13,27H,10-11H2,1H3,(H,25,29)(H,26,28). The van der Waals surface area contributed by atoms with Crippen molar-refractivity contribution in [3.05, 3.63) is 82.3 Å². The summed E-state index contributed by atoms with van der Waals surface area (Å²) in [4.78, 5) is 39.6. The van der Waals surface area contributed by atoms with Crippen LogP contribution in [0.25, 0.3) is 32.7 Å². The van der Waals surface area contributed by atoms with Crippen molar-refractivity contribution in [2.24, 2.45) is 0 Å². The Bertz CT molecular complexity index is 1360. The maximum Gasteiger partial charge on any atom is 0.338 e. The highest BCUT2D eigenvalue weighted by Crippen LogP contribution is 2.31. The molecule has 3 N–H and O–H groups in total. The van der Waals surface area contributed by atoms with E-state index in [1.54, 1.807) is 36.5 Å². The molecule has 0 aliphatic rings. The lowest BCUT2D eigenvalue weighted by Gasteiger charge is -2.11. The molecule has 1 amide bonds. The molecular formula is C24H20N2O5. The minimum absolute atomic E-state index is 0.123. The van der Waals surface area contributed by atoms with Gasteiger partial charge in [0.25, 0.3) is 11.5 Å². The van der Waals surface area contributed by atoms with Gasteiger partial charge in [0.2, 0.25) is 0 Å². The van der Waals surface area contributed by atoms with Gasteiger partial charge in [0.05, 0.1) is 24.7 Å². The van der Waals surface area contributed by atoms with Crippen LogP contribution < -0.4 is 10.9 Å². The molecule has 1 heterocycles. The number of carbonyl (C=O) groups excluding carboxylic acids is 2. The first-order valence-corrected chi connectivity index (χ1v) is 9.69. The van der Waals surface area contributed by atoms with Crippen molar-refractivity contribution >= 4 is 33.4 Å². The maximum atomic E-state index is 12.6. The second-order valence-corrected chi connectivity index (χ2v) is 7.00. The Kier molecular flexibility index (Phi) is 5.51. The zero-order valence-corrected chi connectivity index (χ0v) is 16.8. The van der Waals surface area contributed by atoms with Gasteiger partial charge in [0.15, 0.2) is 0 Å². The highest BCUT2D eigenvalue weighted by molar-refractivity contribution is 6.16. The van der Waals surface area contributed by atoms with Gasteiger partial charge in [-0.2, -0.15) is 0 Å². The molecule has 0 fully saturated rings. The van der Waals surface area contributed by atoms with E-state index in [-0.39, 0.29) is 24.6 Å². The van der Waals surface area contributed by atoms with Gasteiger partial charge < -0.3 is 20.1 Å². The highest BCUT2D eigenvalue weighted by Gasteiger charge is 2.16. The molecular weight excluding hydrogens is 396 g/mol. The third kappa shape index (κ3) is 3.78. The largest absolute Gasteiger partial charge is 0.465 e. The molecule has 4 aromatic rings. The fourth-order valence-corrected chi connectivity index (χ4v) is 3.65. The molecule has 0 aliphatic heterocycles. The monoisotopic (exact) mass is 416 g/mol. The lowest BCUT2D eigenvalue weighted by atomic mass is 9.94. The quantitative estimate of drug-likeness (QED) is 0.342. The number of ether oxygens (including phenoxy) is 1. The van der Waals surface area contributed by atoms with Crippen LogP contribution in [-0.2, 0) is 4.74 Å². The number of aliphatic hydroxyl groups excluding tert-OH is 1. The van der Waals surface area contributed by atoms with E-state index in [1.807, 2.05) is 24.3 Å². The van der Waals surface area contributed by atoms with Crippen LogP contribution in [0.4, 0.5) is 0 Å². The number of methoxy groups -OCH3 is 1. The fourth-order valence-electron chi connectivity index (χ4n) is 3.65. The number of aromatic nitrogens is 1. The van der Waals surface area contributed by atoms with Gasteiger partial charge in [-0.05, 0) is 57.6 Å². The normalized spacial score (nSPS) is 10.9. The maximum absolute atomic E-state index is 12.6. The molecule has 31 heavy (non-hydrogen) atoms. The summed E-state index contributed by atoms with van der Waals surface area (Å²) >= 11 is 0. The molecule has 0 spiro atoms. The summed E-state index contributed by atoms with van der Waals surface area (Å²) in [7, 11) is 1.32. The fraction of sp³-hybridized carbons (Fsp3) is 0.125. The Hall–Kier alpha value is -3.97. The molecule has 0 radical (unpaired) electrons. The van der Waals surface area contributed by atoms with Crippen molar-refractivity contribution in [2.75, 3.05) is 20.3 Å².